The van der Waals surface area contributed by atoms with Gasteiger partial charge in [-0.25, -0.2) is 0 Å². The summed E-state index contributed by atoms with van der Waals surface area (Å²) in [7, 11) is 0. The number of aryl methyl sites for hydroxylation is 1. The first kappa shape index (κ1) is 10.7. The molecule has 0 atom stereocenters. The summed E-state index contributed by atoms with van der Waals surface area (Å²) in [6.07, 6.45) is 0. The molecular formula is C11H9ClN2O2. The standard InChI is InChI=1S/C11H9ClN2O2/c1-7-5-10(14-16-7)11(15)13-9-4-2-3-8(12)6-9/h2-6H,1H3,(H,13,15). The van der Waals surface area contributed by atoms with E-state index < -0.39 is 0 Å². The lowest BCUT2D eigenvalue weighted by Crippen LogP contribution is -2.11. The van der Waals surface area contributed by atoms with Gasteiger partial charge in [0.25, 0.3) is 5.91 Å². The SMILES string of the molecule is Cc1cc(C(=O)Nc2cccc(Cl)c2)no1. The Morgan fingerprint density at radius 3 is 2.88 bits per heavy atom. The number of rotatable bonds is 2. The molecule has 1 N–H and O–H groups in total. The van der Waals surface area contributed by atoms with Gasteiger partial charge in [-0.15, -0.1) is 0 Å². The number of anilines is 1. The number of aromatic nitrogens is 1. The van der Waals surface area contributed by atoms with Gasteiger partial charge in [-0.3, -0.25) is 4.79 Å². The molecule has 0 aliphatic heterocycles. The summed E-state index contributed by atoms with van der Waals surface area (Å²) >= 11 is 5.79. The second-order valence-corrected chi connectivity index (χ2v) is 3.72. The predicted octanol–water partition coefficient (Wildman–Crippen LogP) is 2.89. The third-order valence-electron chi connectivity index (χ3n) is 1.94. The first-order valence-electron chi connectivity index (χ1n) is 4.65. The largest absolute Gasteiger partial charge is 0.361 e. The number of hydrogen-bond donors (Lipinski definition) is 1. The van der Waals surface area contributed by atoms with Crippen LogP contribution in [0.1, 0.15) is 16.2 Å². The highest BCUT2D eigenvalue weighted by Crippen LogP contribution is 2.15. The molecule has 82 valence electrons. The van der Waals surface area contributed by atoms with Crippen LogP contribution in [0.5, 0.6) is 0 Å². The van der Waals surface area contributed by atoms with Crippen LogP contribution < -0.4 is 5.32 Å². The minimum Gasteiger partial charge on any atom is -0.361 e. The van der Waals surface area contributed by atoms with E-state index >= 15 is 0 Å². The number of carbonyl (C=O) groups excluding carboxylic acids is 1. The van der Waals surface area contributed by atoms with E-state index in [1.165, 1.54) is 0 Å². The van der Waals surface area contributed by atoms with Gasteiger partial charge in [-0.2, -0.15) is 0 Å². The maximum atomic E-state index is 11.7. The molecule has 0 aliphatic rings. The molecule has 1 aromatic carbocycles. The van der Waals surface area contributed by atoms with E-state index in [4.69, 9.17) is 16.1 Å². The van der Waals surface area contributed by atoms with Crippen molar-refractivity contribution in [3.63, 3.8) is 0 Å². The van der Waals surface area contributed by atoms with Crippen molar-refractivity contribution >= 4 is 23.2 Å². The third-order valence-corrected chi connectivity index (χ3v) is 2.18. The van der Waals surface area contributed by atoms with Gasteiger partial charge < -0.3 is 9.84 Å². The molecule has 0 unspecified atom stereocenters. The van der Waals surface area contributed by atoms with Crippen LogP contribution >= 0.6 is 11.6 Å². The fourth-order valence-electron chi connectivity index (χ4n) is 1.23. The van der Waals surface area contributed by atoms with Gasteiger partial charge in [0.1, 0.15) is 5.76 Å². The molecule has 2 aromatic rings. The zero-order valence-electron chi connectivity index (χ0n) is 8.53. The quantitative estimate of drug-likeness (QED) is 0.872. The second-order valence-electron chi connectivity index (χ2n) is 3.29. The number of nitrogens with zero attached hydrogens (tertiary/aromatic N) is 1. The molecule has 1 amide bonds. The van der Waals surface area contributed by atoms with Crippen molar-refractivity contribution in [1.82, 2.24) is 5.16 Å². The Kier molecular flexibility index (Phi) is 2.92. The minimum absolute atomic E-state index is 0.248. The number of hydrogen-bond acceptors (Lipinski definition) is 3. The average Bonchev–Trinajstić information content (AvgIpc) is 2.65. The van der Waals surface area contributed by atoms with Crippen LogP contribution in [-0.2, 0) is 0 Å². The van der Waals surface area contributed by atoms with Gasteiger partial charge in [0, 0.05) is 16.8 Å². The number of nitrogens with one attached hydrogen (secondary N) is 1. The molecule has 0 fully saturated rings. The van der Waals surface area contributed by atoms with Gasteiger partial charge in [0.2, 0.25) is 0 Å². The van der Waals surface area contributed by atoms with E-state index in [9.17, 15) is 4.79 Å². The van der Waals surface area contributed by atoms with E-state index in [1.54, 1.807) is 37.3 Å². The number of amides is 1. The molecule has 0 spiro atoms. The second kappa shape index (κ2) is 4.37. The van der Waals surface area contributed by atoms with E-state index in [2.05, 4.69) is 10.5 Å². The Morgan fingerprint density at radius 1 is 1.44 bits per heavy atom. The summed E-state index contributed by atoms with van der Waals surface area (Å²) in [5.74, 6) is 0.273. The maximum absolute atomic E-state index is 11.7. The van der Waals surface area contributed by atoms with Gasteiger partial charge >= 0.3 is 0 Å². The van der Waals surface area contributed by atoms with E-state index in [-0.39, 0.29) is 11.6 Å². The minimum atomic E-state index is -0.320. The van der Waals surface area contributed by atoms with Crippen LogP contribution in [0.2, 0.25) is 5.02 Å². The molecule has 1 heterocycles. The molecule has 0 saturated carbocycles. The molecule has 0 bridgehead atoms. The molecular weight excluding hydrogens is 228 g/mol. The molecule has 5 heteroatoms. The van der Waals surface area contributed by atoms with Crippen LogP contribution in [-0.4, -0.2) is 11.1 Å². The molecule has 2 rings (SSSR count). The van der Waals surface area contributed by atoms with Crippen LogP contribution in [0.15, 0.2) is 34.9 Å². The zero-order valence-corrected chi connectivity index (χ0v) is 9.28. The van der Waals surface area contributed by atoms with Crippen molar-refractivity contribution in [3.8, 4) is 0 Å². The van der Waals surface area contributed by atoms with Crippen molar-refractivity contribution in [3.05, 3.63) is 46.8 Å². The summed E-state index contributed by atoms with van der Waals surface area (Å²) in [4.78, 5) is 11.7. The highest BCUT2D eigenvalue weighted by atomic mass is 35.5. The van der Waals surface area contributed by atoms with Gasteiger partial charge in [-0.1, -0.05) is 22.8 Å². The first-order valence-corrected chi connectivity index (χ1v) is 5.03. The van der Waals surface area contributed by atoms with Crippen molar-refractivity contribution in [2.45, 2.75) is 6.92 Å². The average molecular weight is 237 g/mol. The Bertz CT molecular complexity index is 522. The van der Waals surface area contributed by atoms with Crippen molar-refractivity contribution in [2.24, 2.45) is 0 Å². The van der Waals surface area contributed by atoms with Crippen LogP contribution in [0, 0.1) is 6.92 Å². The van der Waals surface area contributed by atoms with E-state index in [0.717, 1.165) is 0 Å². The highest BCUT2D eigenvalue weighted by molar-refractivity contribution is 6.30. The van der Waals surface area contributed by atoms with E-state index in [0.29, 0.717) is 16.5 Å². The van der Waals surface area contributed by atoms with Crippen molar-refractivity contribution < 1.29 is 9.32 Å². The number of carbonyl (C=O) groups is 1. The number of benzene rings is 1. The lowest BCUT2D eigenvalue weighted by Gasteiger charge is -2.02. The molecule has 0 aliphatic carbocycles. The van der Waals surface area contributed by atoms with Crippen molar-refractivity contribution in [1.29, 1.82) is 0 Å². The first-order chi connectivity index (χ1) is 7.65. The predicted molar refractivity (Wildman–Crippen MR) is 60.6 cm³/mol. The third kappa shape index (κ3) is 2.41. The summed E-state index contributed by atoms with van der Waals surface area (Å²) in [5, 5.41) is 6.84. The smallest absolute Gasteiger partial charge is 0.277 e. The molecule has 0 saturated heterocycles. The lowest BCUT2D eigenvalue weighted by atomic mass is 10.3. The molecule has 1 aromatic heterocycles. The zero-order chi connectivity index (χ0) is 11.5. The summed E-state index contributed by atoms with van der Waals surface area (Å²) < 4.78 is 4.81. The molecule has 16 heavy (non-hydrogen) atoms. The topological polar surface area (TPSA) is 55.1 Å². The molecule has 0 radical (unpaired) electrons. The Labute approximate surface area is 97.2 Å². The summed E-state index contributed by atoms with van der Waals surface area (Å²) in [6, 6.07) is 8.46. The fraction of sp³-hybridized carbons (Fsp3) is 0.0909. The van der Waals surface area contributed by atoms with E-state index in [1.807, 2.05) is 0 Å². The Morgan fingerprint density at radius 2 is 2.25 bits per heavy atom. The van der Waals surface area contributed by atoms with Crippen molar-refractivity contribution in [2.75, 3.05) is 5.32 Å². The monoisotopic (exact) mass is 236 g/mol. The van der Waals surface area contributed by atoms with Crippen LogP contribution in [0.3, 0.4) is 0 Å². The lowest BCUT2D eigenvalue weighted by molar-refractivity contribution is 0.101. The normalized spacial score (nSPS) is 10.1. The highest BCUT2D eigenvalue weighted by Gasteiger charge is 2.10. The maximum Gasteiger partial charge on any atom is 0.277 e. The summed E-state index contributed by atoms with van der Waals surface area (Å²) in [6.45, 7) is 1.73. The van der Waals surface area contributed by atoms with Gasteiger partial charge in [0.05, 0.1) is 0 Å². The number of halogens is 1. The fourth-order valence-corrected chi connectivity index (χ4v) is 1.43. The van der Waals surface area contributed by atoms with Gasteiger partial charge in [-0.05, 0) is 25.1 Å². The van der Waals surface area contributed by atoms with Crippen LogP contribution in [0.4, 0.5) is 5.69 Å². The molecule has 4 nitrogen and oxygen atoms in total. The van der Waals surface area contributed by atoms with Gasteiger partial charge in [0.15, 0.2) is 5.69 Å². The van der Waals surface area contributed by atoms with Crippen LogP contribution in [0.25, 0.3) is 0 Å². The Balaban J connectivity index is 2.13. The summed E-state index contributed by atoms with van der Waals surface area (Å²) in [5.41, 5.74) is 0.871. The Hall–Kier alpha value is -1.81.